The van der Waals surface area contributed by atoms with E-state index in [9.17, 15) is 4.79 Å². The van der Waals surface area contributed by atoms with Crippen molar-refractivity contribution in [1.82, 2.24) is 15.3 Å². The Labute approximate surface area is 102 Å². The van der Waals surface area contributed by atoms with Crippen molar-refractivity contribution in [2.75, 3.05) is 7.11 Å². The van der Waals surface area contributed by atoms with Gasteiger partial charge in [-0.1, -0.05) is 20.8 Å². The van der Waals surface area contributed by atoms with Crippen molar-refractivity contribution >= 4 is 5.91 Å². The van der Waals surface area contributed by atoms with Gasteiger partial charge in [-0.25, -0.2) is 4.98 Å². The average Bonchev–Trinajstić information content (AvgIpc) is 2.24. The molecule has 1 amide bonds. The summed E-state index contributed by atoms with van der Waals surface area (Å²) in [6.45, 7) is 6.39. The van der Waals surface area contributed by atoms with Crippen molar-refractivity contribution in [2.24, 2.45) is 5.41 Å². The Morgan fingerprint density at radius 2 is 2.18 bits per heavy atom. The van der Waals surface area contributed by atoms with Crippen LogP contribution in [0.15, 0.2) is 12.3 Å². The van der Waals surface area contributed by atoms with Crippen LogP contribution < -0.4 is 10.1 Å². The molecule has 17 heavy (non-hydrogen) atoms. The molecule has 0 atom stereocenters. The van der Waals surface area contributed by atoms with Crippen LogP contribution in [0.2, 0.25) is 0 Å². The van der Waals surface area contributed by atoms with Crippen LogP contribution >= 0.6 is 0 Å². The molecule has 0 radical (unpaired) electrons. The van der Waals surface area contributed by atoms with Crippen molar-refractivity contribution in [2.45, 2.75) is 33.7 Å². The topological polar surface area (TPSA) is 64.1 Å². The van der Waals surface area contributed by atoms with Crippen molar-refractivity contribution in [1.29, 1.82) is 0 Å². The van der Waals surface area contributed by atoms with Gasteiger partial charge in [0.25, 0.3) is 0 Å². The van der Waals surface area contributed by atoms with Gasteiger partial charge in [0.15, 0.2) is 5.82 Å². The van der Waals surface area contributed by atoms with Gasteiger partial charge >= 0.3 is 0 Å². The van der Waals surface area contributed by atoms with E-state index in [1.807, 2.05) is 20.8 Å². The van der Waals surface area contributed by atoms with Crippen LogP contribution in [0.25, 0.3) is 0 Å². The maximum absolute atomic E-state index is 11.6. The van der Waals surface area contributed by atoms with Crippen molar-refractivity contribution in [3.05, 3.63) is 18.1 Å². The highest BCUT2D eigenvalue weighted by Crippen LogP contribution is 2.17. The molecule has 0 aliphatic heterocycles. The Morgan fingerprint density at radius 3 is 2.76 bits per heavy atom. The molecule has 0 aromatic carbocycles. The molecule has 0 fully saturated rings. The van der Waals surface area contributed by atoms with Gasteiger partial charge in [0, 0.05) is 18.7 Å². The average molecular weight is 237 g/mol. The molecule has 1 rings (SSSR count). The largest absolute Gasteiger partial charge is 0.481 e. The first-order chi connectivity index (χ1) is 7.90. The Kier molecular flexibility index (Phi) is 4.43. The molecule has 0 unspecified atom stereocenters. The Morgan fingerprint density at radius 1 is 1.47 bits per heavy atom. The predicted octanol–water partition coefficient (Wildman–Crippen LogP) is 1.54. The quantitative estimate of drug-likeness (QED) is 0.862. The van der Waals surface area contributed by atoms with Gasteiger partial charge in [0.2, 0.25) is 11.8 Å². The second-order valence-electron chi connectivity index (χ2n) is 5.03. The van der Waals surface area contributed by atoms with Gasteiger partial charge in [0.1, 0.15) is 0 Å². The fourth-order valence-corrected chi connectivity index (χ4v) is 1.30. The zero-order valence-corrected chi connectivity index (χ0v) is 10.8. The van der Waals surface area contributed by atoms with E-state index in [0.29, 0.717) is 24.7 Å². The number of amides is 1. The third-order valence-corrected chi connectivity index (χ3v) is 2.02. The van der Waals surface area contributed by atoms with Gasteiger partial charge in [-0.2, -0.15) is 4.98 Å². The smallest absolute Gasteiger partial charge is 0.220 e. The monoisotopic (exact) mass is 237 g/mol. The summed E-state index contributed by atoms with van der Waals surface area (Å²) in [6, 6.07) is 1.67. The zero-order valence-electron chi connectivity index (χ0n) is 10.8. The number of hydrogen-bond donors (Lipinski definition) is 1. The van der Waals surface area contributed by atoms with Crippen LogP contribution in [0.3, 0.4) is 0 Å². The first-order valence-corrected chi connectivity index (χ1v) is 5.53. The lowest BCUT2D eigenvalue weighted by molar-refractivity contribution is -0.123. The number of hydrogen-bond acceptors (Lipinski definition) is 4. The highest BCUT2D eigenvalue weighted by atomic mass is 16.5. The fourth-order valence-electron chi connectivity index (χ4n) is 1.30. The number of aromatic nitrogens is 2. The number of nitrogens with one attached hydrogen (secondary N) is 1. The molecule has 0 aliphatic rings. The van der Waals surface area contributed by atoms with E-state index in [2.05, 4.69) is 15.3 Å². The summed E-state index contributed by atoms with van der Waals surface area (Å²) in [5, 5.41) is 2.79. The van der Waals surface area contributed by atoms with Crippen LogP contribution in [0.5, 0.6) is 5.88 Å². The SMILES string of the molecule is COc1ccnc(CNC(=O)CC(C)(C)C)n1. The molecule has 1 N–H and O–H groups in total. The fraction of sp³-hybridized carbons (Fsp3) is 0.583. The second kappa shape index (κ2) is 5.61. The van der Waals surface area contributed by atoms with Gasteiger partial charge < -0.3 is 10.1 Å². The molecule has 94 valence electrons. The molecule has 1 heterocycles. The standard InChI is InChI=1S/C12H19N3O2/c1-12(2,3)7-10(16)14-8-9-13-6-5-11(15-9)17-4/h5-6H,7-8H2,1-4H3,(H,14,16). The minimum atomic E-state index is -0.0146. The Hall–Kier alpha value is -1.65. The van der Waals surface area contributed by atoms with E-state index < -0.39 is 0 Å². The van der Waals surface area contributed by atoms with Crippen molar-refractivity contribution < 1.29 is 9.53 Å². The molecule has 1 aromatic heterocycles. The molecule has 5 nitrogen and oxygen atoms in total. The Bertz CT molecular complexity index is 386. The number of ether oxygens (including phenoxy) is 1. The molecule has 0 bridgehead atoms. The number of rotatable bonds is 4. The third-order valence-electron chi connectivity index (χ3n) is 2.02. The van der Waals surface area contributed by atoms with Crippen molar-refractivity contribution in [3.8, 4) is 5.88 Å². The van der Waals surface area contributed by atoms with Crippen LogP contribution in [-0.4, -0.2) is 23.0 Å². The highest BCUT2D eigenvalue weighted by molar-refractivity contribution is 5.76. The molecule has 0 saturated carbocycles. The maximum Gasteiger partial charge on any atom is 0.220 e. The number of carbonyl (C=O) groups is 1. The molecule has 0 saturated heterocycles. The summed E-state index contributed by atoms with van der Waals surface area (Å²) in [5.74, 6) is 1.05. The lowest BCUT2D eigenvalue weighted by atomic mass is 9.92. The van der Waals surface area contributed by atoms with Crippen LogP contribution in [0, 0.1) is 5.41 Å². The Balaban J connectivity index is 2.47. The first kappa shape index (κ1) is 13.4. The third kappa shape index (κ3) is 5.29. The van der Waals surface area contributed by atoms with Gasteiger partial charge in [-0.3, -0.25) is 4.79 Å². The van der Waals surface area contributed by atoms with E-state index >= 15 is 0 Å². The maximum atomic E-state index is 11.6. The molecule has 1 aromatic rings. The lowest BCUT2D eigenvalue weighted by Gasteiger charge is -2.16. The van der Waals surface area contributed by atoms with E-state index in [-0.39, 0.29) is 11.3 Å². The van der Waals surface area contributed by atoms with E-state index in [0.717, 1.165) is 0 Å². The van der Waals surface area contributed by atoms with Gasteiger partial charge in [-0.15, -0.1) is 0 Å². The summed E-state index contributed by atoms with van der Waals surface area (Å²) in [5.41, 5.74) is -0.0146. The minimum absolute atomic E-state index is 0.00363. The van der Waals surface area contributed by atoms with Crippen LogP contribution in [0.4, 0.5) is 0 Å². The van der Waals surface area contributed by atoms with Crippen LogP contribution in [-0.2, 0) is 11.3 Å². The predicted molar refractivity (Wildman–Crippen MR) is 64.5 cm³/mol. The summed E-state index contributed by atoms with van der Waals surface area (Å²) in [6.07, 6.45) is 2.09. The first-order valence-electron chi connectivity index (χ1n) is 5.53. The number of nitrogens with zero attached hydrogens (tertiary/aromatic N) is 2. The normalized spacial score (nSPS) is 11.1. The minimum Gasteiger partial charge on any atom is -0.481 e. The number of carbonyl (C=O) groups excluding carboxylic acids is 1. The van der Waals surface area contributed by atoms with E-state index in [1.54, 1.807) is 19.4 Å². The molecular weight excluding hydrogens is 218 g/mol. The second-order valence-corrected chi connectivity index (χ2v) is 5.03. The van der Waals surface area contributed by atoms with E-state index in [1.165, 1.54) is 0 Å². The molecular formula is C12H19N3O2. The van der Waals surface area contributed by atoms with Gasteiger partial charge in [-0.05, 0) is 5.41 Å². The summed E-state index contributed by atoms with van der Waals surface area (Å²) in [4.78, 5) is 19.8. The van der Waals surface area contributed by atoms with Gasteiger partial charge in [0.05, 0.1) is 13.7 Å². The molecule has 5 heteroatoms. The molecule has 0 spiro atoms. The highest BCUT2D eigenvalue weighted by Gasteiger charge is 2.15. The summed E-state index contributed by atoms with van der Waals surface area (Å²) < 4.78 is 4.98. The lowest BCUT2D eigenvalue weighted by Crippen LogP contribution is -2.27. The molecule has 0 aliphatic carbocycles. The zero-order chi connectivity index (χ0) is 12.9. The van der Waals surface area contributed by atoms with Crippen molar-refractivity contribution in [3.63, 3.8) is 0 Å². The number of methoxy groups -OCH3 is 1. The summed E-state index contributed by atoms with van der Waals surface area (Å²) in [7, 11) is 1.55. The van der Waals surface area contributed by atoms with Crippen LogP contribution in [0.1, 0.15) is 33.0 Å². The summed E-state index contributed by atoms with van der Waals surface area (Å²) >= 11 is 0. The van der Waals surface area contributed by atoms with E-state index in [4.69, 9.17) is 4.74 Å².